The van der Waals surface area contributed by atoms with Crippen LogP contribution < -0.4 is 4.74 Å². The third-order valence-corrected chi connectivity index (χ3v) is 9.61. The Morgan fingerprint density at radius 2 is 1.86 bits per heavy atom. The van der Waals surface area contributed by atoms with Gasteiger partial charge in [-0.25, -0.2) is 12.8 Å². The van der Waals surface area contributed by atoms with Crippen molar-refractivity contribution in [1.82, 2.24) is 9.21 Å². The van der Waals surface area contributed by atoms with E-state index in [0.29, 0.717) is 25.1 Å². The molecule has 1 amide bonds. The van der Waals surface area contributed by atoms with Crippen molar-refractivity contribution in [2.24, 2.45) is 0 Å². The lowest BCUT2D eigenvalue weighted by Crippen LogP contribution is -2.49. The fraction of sp³-hybridized carbons (Fsp3) is 0.370. The highest BCUT2D eigenvalue weighted by molar-refractivity contribution is 7.89. The fourth-order valence-electron chi connectivity index (χ4n) is 4.33. The normalized spacial score (nSPS) is 16.6. The highest BCUT2D eigenvalue weighted by Crippen LogP contribution is 2.34. The van der Waals surface area contributed by atoms with Gasteiger partial charge in [-0.1, -0.05) is 24.6 Å². The maximum atomic E-state index is 13.7. The first-order valence-corrected chi connectivity index (χ1v) is 14.3. The van der Waals surface area contributed by atoms with Crippen molar-refractivity contribution in [3.05, 3.63) is 81.8 Å². The number of fused-ring (bicyclic) bond motifs is 1. The summed E-state index contributed by atoms with van der Waals surface area (Å²) in [5, 5.41) is 2.00. The van der Waals surface area contributed by atoms with Crippen LogP contribution in [-0.4, -0.2) is 49.3 Å². The van der Waals surface area contributed by atoms with Gasteiger partial charge in [0.25, 0.3) is 0 Å². The van der Waals surface area contributed by atoms with Gasteiger partial charge in [0, 0.05) is 17.5 Å². The predicted octanol–water partition coefficient (Wildman–Crippen LogP) is 5.19. The average Bonchev–Trinajstić information content (AvgIpc) is 3.35. The van der Waals surface area contributed by atoms with Gasteiger partial charge in [0.2, 0.25) is 15.9 Å². The summed E-state index contributed by atoms with van der Waals surface area (Å²) in [4.78, 5) is 16.8. The summed E-state index contributed by atoms with van der Waals surface area (Å²) >= 11 is 1.64. The van der Waals surface area contributed by atoms with Crippen LogP contribution >= 0.6 is 11.3 Å². The second kappa shape index (κ2) is 11.1. The highest BCUT2D eigenvalue weighted by Gasteiger charge is 2.36. The maximum absolute atomic E-state index is 13.7. The van der Waals surface area contributed by atoms with Gasteiger partial charge >= 0.3 is 0 Å². The molecule has 0 radical (unpaired) electrons. The molecule has 6 nitrogen and oxygen atoms in total. The Hall–Kier alpha value is -2.75. The number of sulfonamides is 1. The van der Waals surface area contributed by atoms with Gasteiger partial charge < -0.3 is 9.64 Å². The molecule has 2 heterocycles. The molecule has 4 rings (SSSR count). The zero-order valence-corrected chi connectivity index (χ0v) is 22.3. The van der Waals surface area contributed by atoms with E-state index in [9.17, 15) is 17.6 Å². The summed E-state index contributed by atoms with van der Waals surface area (Å²) in [5.74, 6) is -0.110. The van der Waals surface area contributed by atoms with Gasteiger partial charge in [0.1, 0.15) is 18.2 Å². The molecule has 1 aliphatic rings. The summed E-state index contributed by atoms with van der Waals surface area (Å²) in [5.41, 5.74) is 1.97. The van der Waals surface area contributed by atoms with Crippen molar-refractivity contribution < 1.29 is 22.3 Å². The van der Waals surface area contributed by atoms with Crippen LogP contribution in [0.3, 0.4) is 0 Å². The van der Waals surface area contributed by atoms with Crippen molar-refractivity contribution in [2.75, 3.05) is 19.7 Å². The number of benzene rings is 2. The third-order valence-electron chi connectivity index (χ3n) is 6.64. The summed E-state index contributed by atoms with van der Waals surface area (Å²) in [6.07, 6.45) is 1.28. The summed E-state index contributed by atoms with van der Waals surface area (Å²) in [6.45, 7) is 6.04. The van der Waals surface area contributed by atoms with Gasteiger partial charge in [0.15, 0.2) is 0 Å². The number of ether oxygens (including phenoxy) is 1. The minimum atomic E-state index is -3.87. The molecule has 2 aromatic carbocycles. The Morgan fingerprint density at radius 3 is 2.53 bits per heavy atom. The number of carbonyl (C=O) groups excluding carboxylic acids is 1. The lowest BCUT2D eigenvalue weighted by molar-refractivity contribution is -0.135. The van der Waals surface area contributed by atoms with E-state index in [1.54, 1.807) is 52.6 Å². The third kappa shape index (κ3) is 5.63. The van der Waals surface area contributed by atoms with Gasteiger partial charge in [-0.05, 0) is 80.1 Å². The van der Waals surface area contributed by atoms with Crippen LogP contribution in [0.25, 0.3) is 0 Å². The number of carbonyl (C=O) groups is 1. The van der Waals surface area contributed by atoms with Crippen molar-refractivity contribution in [3.63, 3.8) is 0 Å². The number of nitrogens with zero attached hydrogens (tertiary/aromatic N) is 2. The van der Waals surface area contributed by atoms with E-state index in [2.05, 4.69) is 0 Å². The number of rotatable bonds is 9. The Kier molecular flexibility index (Phi) is 8.12. The van der Waals surface area contributed by atoms with Crippen molar-refractivity contribution in [1.29, 1.82) is 0 Å². The molecule has 0 N–H and O–H groups in total. The van der Waals surface area contributed by atoms with Crippen LogP contribution in [0.5, 0.6) is 5.75 Å². The molecule has 0 saturated carbocycles. The zero-order valence-electron chi connectivity index (χ0n) is 20.7. The van der Waals surface area contributed by atoms with Crippen LogP contribution in [0.15, 0.2) is 64.9 Å². The molecule has 0 saturated heterocycles. The minimum absolute atomic E-state index is 0.177. The quantitative estimate of drug-likeness (QED) is 0.382. The second-order valence-electron chi connectivity index (χ2n) is 9.04. The zero-order chi connectivity index (χ0) is 25.9. The van der Waals surface area contributed by atoms with E-state index in [-0.39, 0.29) is 41.9 Å². The van der Waals surface area contributed by atoms with E-state index >= 15 is 0 Å². The van der Waals surface area contributed by atoms with Crippen molar-refractivity contribution >= 4 is 27.3 Å². The molecular formula is C27H31FN2O4S2. The average molecular weight is 531 g/mol. The van der Waals surface area contributed by atoms with E-state index < -0.39 is 10.0 Å². The summed E-state index contributed by atoms with van der Waals surface area (Å²) in [7, 11) is -3.87. The number of thiophene rings is 1. The molecule has 0 fully saturated rings. The summed E-state index contributed by atoms with van der Waals surface area (Å²) < 4.78 is 47.6. The molecule has 0 unspecified atom stereocenters. The lowest BCUT2D eigenvalue weighted by Gasteiger charge is -2.37. The van der Waals surface area contributed by atoms with E-state index in [1.165, 1.54) is 21.3 Å². The SMILES string of the molecule is CC[C@H](C)N(CC(=O)N1CCc2sccc2[C@@H]1COc1ccc(F)cc1)S(=O)(=O)c1ccc(C)cc1. The maximum Gasteiger partial charge on any atom is 0.243 e. The van der Waals surface area contributed by atoms with E-state index in [4.69, 9.17) is 4.74 Å². The molecule has 36 heavy (non-hydrogen) atoms. The number of aryl methyl sites for hydroxylation is 1. The Labute approximate surface area is 216 Å². The Morgan fingerprint density at radius 1 is 1.17 bits per heavy atom. The van der Waals surface area contributed by atoms with Crippen molar-refractivity contribution in [2.45, 2.75) is 50.6 Å². The van der Waals surface area contributed by atoms with Crippen LogP contribution in [0, 0.1) is 12.7 Å². The van der Waals surface area contributed by atoms with E-state index in [1.807, 2.05) is 32.2 Å². The first-order valence-electron chi connectivity index (χ1n) is 12.0. The van der Waals surface area contributed by atoms with Gasteiger partial charge in [-0.2, -0.15) is 4.31 Å². The summed E-state index contributed by atoms with van der Waals surface area (Å²) in [6, 6.07) is 13.7. The van der Waals surface area contributed by atoms with Crippen LogP contribution in [0.4, 0.5) is 4.39 Å². The Balaban J connectivity index is 1.58. The van der Waals surface area contributed by atoms with Crippen LogP contribution in [0.1, 0.15) is 42.3 Å². The molecule has 9 heteroatoms. The largest absolute Gasteiger partial charge is 0.491 e. The van der Waals surface area contributed by atoms with Crippen molar-refractivity contribution in [3.8, 4) is 5.75 Å². The molecule has 192 valence electrons. The highest BCUT2D eigenvalue weighted by atomic mass is 32.2. The molecular weight excluding hydrogens is 499 g/mol. The molecule has 0 spiro atoms. The molecule has 1 aliphatic heterocycles. The number of amides is 1. The number of hydrogen-bond donors (Lipinski definition) is 0. The number of hydrogen-bond acceptors (Lipinski definition) is 5. The number of halogens is 1. The fourth-order valence-corrected chi connectivity index (χ4v) is 6.91. The first kappa shape index (κ1) is 26.3. The topological polar surface area (TPSA) is 66.9 Å². The van der Waals surface area contributed by atoms with Gasteiger partial charge in [-0.15, -0.1) is 11.3 Å². The van der Waals surface area contributed by atoms with Gasteiger partial charge in [-0.3, -0.25) is 4.79 Å². The second-order valence-corrected chi connectivity index (χ2v) is 11.9. The van der Waals surface area contributed by atoms with Crippen LogP contribution in [0.2, 0.25) is 0 Å². The predicted molar refractivity (Wildman–Crippen MR) is 139 cm³/mol. The first-order chi connectivity index (χ1) is 17.2. The van der Waals surface area contributed by atoms with E-state index in [0.717, 1.165) is 11.1 Å². The molecule has 0 aliphatic carbocycles. The molecule has 2 atom stereocenters. The smallest absolute Gasteiger partial charge is 0.243 e. The Bertz CT molecular complexity index is 1290. The van der Waals surface area contributed by atoms with Crippen LogP contribution in [-0.2, 0) is 21.2 Å². The van der Waals surface area contributed by atoms with Gasteiger partial charge in [0.05, 0.1) is 17.5 Å². The molecule has 0 bridgehead atoms. The monoisotopic (exact) mass is 530 g/mol. The lowest BCUT2D eigenvalue weighted by atomic mass is 10.0. The standard InChI is InChI=1S/C27H31FN2O4S2/c1-4-20(3)30(36(32,33)23-11-5-19(2)6-12-23)17-27(31)29-15-13-26-24(14-16-35-26)25(29)18-34-22-9-7-21(28)8-10-22/h5-12,14,16,20,25H,4,13,15,17-18H2,1-3H3/t20-,25-/m0/s1. The molecule has 3 aromatic rings. The minimum Gasteiger partial charge on any atom is -0.491 e. The molecule has 1 aromatic heterocycles.